The van der Waals surface area contributed by atoms with Crippen molar-refractivity contribution in [1.82, 2.24) is 10.2 Å². The third kappa shape index (κ3) is 4.63. The average Bonchev–Trinajstić information content (AvgIpc) is 2.23. The maximum Gasteiger partial charge on any atom is 0.252 e. The SMILES string of the molecule is CN(C)CCCNC(=O)c1ccc(N)cc1Cl. The van der Waals surface area contributed by atoms with E-state index in [0.29, 0.717) is 22.8 Å². The molecule has 0 saturated heterocycles. The second-order valence-corrected chi connectivity index (χ2v) is 4.56. The molecule has 0 bridgehead atoms. The van der Waals surface area contributed by atoms with Gasteiger partial charge in [0.05, 0.1) is 10.6 Å². The molecule has 0 radical (unpaired) electrons. The molecule has 94 valence electrons. The zero-order valence-electron chi connectivity index (χ0n) is 10.2. The second kappa shape index (κ2) is 6.47. The Balaban J connectivity index is 2.47. The van der Waals surface area contributed by atoms with Gasteiger partial charge in [0.25, 0.3) is 5.91 Å². The first-order chi connectivity index (χ1) is 8.00. The molecule has 1 aromatic carbocycles. The number of carbonyl (C=O) groups excluding carboxylic acids is 1. The van der Waals surface area contributed by atoms with Gasteiger partial charge in [0.15, 0.2) is 0 Å². The van der Waals surface area contributed by atoms with Gasteiger partial charge >= 0.3 is 0 Å². The highest BCUT2D eigenvalue weighted by Crippen LogP contribution is 2.18. The van der Waals surface area contributed by atoms with E-state index in [2.05, 4.69) is 10.2 Å². The van der Waals surface area contributed by atoms with Crippen molar-refractivity contribution < 1.29 is 4.79 Å². The third-order valence-electron chi connectivity index (χ3n) is 2.31. The van der Waals surface area contributed by atoms with Crippen molar-refractivity contribution in [3.8, 4) is 0 Å². The summed E-state index contributed by atoms with van der Waals surface area (Å²) in [7, 11) is 4.00. The van der Waals surface area contributed by atoms with Gasteiger partial charge in [-0.3, -0.25) is 4.79 Å². The lowest BCUT2D eigenvalue weighted by atomic mass is 10.2. The third-order valence-corrected chi connectivity index (χ3v) is 2.62. The number of nitrogens with two attached hydrogens (primary N) is 1. The minimum atomic E-state index is -0.159. The van der Waals surface area contributed by atoms with Crippen LogP contribution in [0, 0.1) is 0 Å². The summed E-state index contributed by atoms with van der Waals surface area (Å²) in [6.45, 7) is 1.58. The predicted octanol–water partition coefficient (Wildman–Crippen LogP) is 1.60. The molecule has 5 heteroatoms. The Kier molecular flexibility index (Phi) is 5.25. The first kappa shape index (κ1) is 13.8. The number of benzene rings is 1. The van der Waals surface area contributed by atoms with Crippen molar-refractivity contribution in [2.75, 3.05) is 32.9 Å². The molecule has 0 unspecified atom stereocenters. The van der Waals surface area contributed by atoms with E-state index < -0.39 is 0 Å². The van der Waals surface area contributed by atoms with Gasteiger partial charge in [0, 0.05) is 12.2 Å². The van der Waals surface area contributed by atoms with E-state index in [1.165, 1.54) is 0 Å². The van der Waals surface area contributed by atoms with Crippen molar-refractivity contribution >= 4 is 23.2 Å². The lowest BCUT2D eigenvalue weighted by Crippen LogP contribution is -2.27. The van der Waals surface area contributed by atoms with Crippen LogP contribution in [0.3, 0.4) is 0 Å². The van der Waals surface area contributed by atoms with E-state index >= 15 is 0 Å². The zero-order chi connectivity index (χ0) is 12.8. The van der Waals surface area contributed by atoms with Crippen molar-refractivity contribution in [1.29, 1.82) is 0 Å². The largest absolute Gasteiger partial charge is 0.399 e. The van der Waals surface area contributed by atoms with Crippen LogP contribution in [0.15, 0.2) is 18.2 Å². The van der Waals surface area contributed by atoms with E-state index in [1.807, 2.05) is 14.1 Å². The molecule has 0 aliphatic heterocycles. The van der Waals surface area contributed by atoms with Crippen LogP contribution in [0.5, 0.6) is 0 Å². The van der Waals surface area contributed by atoms with Gasteiger partial charge in [-0.1, -0.05) is 11.6 Å². The minimum absolute atomic E-state index is 0.159. The van der Waals surface area contributed by atoms with Gasteiger partial charge in [-0.25, -0.2) is 0 Å². The number of halogens is 1. The Hall–Kier alpha value is -1.26. The number of hydrogen-bond acceptors (Lipinski definition) is 3. The average molecular weight is 256 g/mol. The van der Waals surface area contributed by atoms with E-state index in [4.69, 9.17) is 17.3 Å². The molecule has 1 amide bonds. The second-order valence-electron chi connectivity index (χ2n) is 4.15. The van der Waals surface area contributed by atoms with Gasteiger partial charge in [-0.2, -0.15) is 0 Å². The van der Waals surface area contributed by atoms with Crippen LogP contribution in [-0.2, 0) is 0 Å². The summed E-state index contributed by atoms with van der Waals surface area (Å²) in [6.07, 6.45) is 0.908. The molecular weight excluding hydrogens is 238 g/mol. The number of nitrogens with one attached hydrogen (secondary N) is 1. The number of carbonyl (C=O) groups is 1. The van der Waals surface area contributed by atoms with Crippen molar-refractivity contribution in [2.45, 2.75) is 6.42 Å². The van der Waals surface area contributed by atoms with Gasteiger partial charge in [-0.15, -0.1) is 0 Å². The van der Waals surface area contributed by atoms with Crippen LogP contribution in [-0.4, -0.2) is 38.0 Å². The Bertz CT molecular complexity index is 393. The lowest BCUT2D eigenvalue weighted by Gasteiger charge is -2.10. The summed E-state index contributed by atoms with van der Waals surface area (Å²) in [5.74, 6) is -0.159. The molecule has 0 spiro atoms. The topological polar surface area (TPSA) is 58.4 Å². The fourth-order valence-electron chi connectivity index (χ4n) is 1.41. The molecule has 0 saturated carbocycles. The quantitative estimate of drug-likeness (QED) is 0.621. The van der Waals surface area contributed by atoms with Crippen molar-refractivity contribution in [3.63, 3.8) is 0 Å². The van der Waals surface area contributed by atoms with E-state index in [0.717, 1.165) is 13.0 Å². The Morgan fingerprint density at radius 2 is 2.18 bits per heavy atom. The molecular formula is C12H18ClN3O. The highest BCUT2D eigenvalue weighted by Gasteiger charge is 2.09. The fraction of sp³-hybridized carbons (Fsp3) is 0.417. The molecule has 0 aromatic heterocycles. The number of hydrogen-bond donors (Lipinski definition) is 2. The van der Waals surface area contributed by atoms with Crippen molar-refractivity contribution in [3.05, 3.63) is 28.8 Å². The van der Waals surface area contributed by atoms with E-state index in [9.17, 15) is 4.79 Å². The molecule has 3 N–H and O–H groups in total. The summed E-state index contributed by atoms with van der Waals surface area (Å²) in [6, 6.07) is 4.88. The van der Waals surface area contributed by atoms with Gasteiger partial charge in [0.2, 0.25) is 0 Å². The summed E-state index contributed by atoms with van der Waals surface area (Å²) in [4.78, 5) is 13.8. The molecule has 0 heterocycles. The number of amides is 1. The molecule has 0 fully saturated rings. The van der Waals surface area contributed by atoms with Crippen LogP contribution in [0.1, 0.15) is 16.8 Å². The number of nitrogen functional groups attached to an aromatic ring is 1. The monoisotopic (exact) mass is 255 g/mol. The van der Waals surface area contributed by atoms with Crippen molar-refractivity contribution in [2.24, 2.45) is 0 Å². The minimum Gasteiger partial charge on any atom is -0.399 e. The molecule has 17 heavy (non-hydrogen) atoms. The first-order valence-corrected chi connectivity index (χ1v) is 5.86. The number of rotatable bonds is 5. The Labute approximate surface area is 107 Å². The van der Waals surface area contributed by atoms with Gasteiger partial charge < -0.3 is 16.0 Å². The normalized spacial score (nSPS) is 10.6. The molecule has 1 aromatic rings. The molecule has 0 atom stereocenters. The maximum absolute atomic E-state index is 11.8. The smallest absolute Gasteiger partial charge is 0.252 e. The highest BCUT2D eigenvalue weighted by molar-refractivity contribution is 6.34. The maximum atomic E-state index is 11.8. The summed E-state index contributed by atoms with van der Waals surface area (Å²) < 4.78 is 0. The standard InChI is InChI=1S/C12H18ClN3O/c1-16(2)7-3-6-15-12(17)10-5-4-9(14)8-11(10)13/h4-5,8H,3,6-7,14H2,1-2H3,(H,15,17). The number of anilines is 1. The first-order valence-electron chi connectivity index (χ1n) is 5.48. The molecule has 4 nitrogen and oxygen atoms in total. The van der Waals surface area contributed by atoms with Crippen LogP contribution in [0.25, 0.3) is 0 Å². The highest BCUT2D eigenvalue weighted by atomic mass is 35.5. The van der Waals surface area contributed by atoms with E-state index in [1.54, 1.807) is 18.2 Å². The van der Waals surface area contributed by atoms with Crippen LogP contribution < -0.4 is 11.1 Å². The summed E-state index contributed by atoms with van der Waals surface area (Å²) in [5, 5.41) is 3.21. The zero-order valence-corrected chi connectivity index (χ0v) is 10.9. The van der Waals surface area contributed by atoms with Crippen LogP contribution in [0.4, 0.5) is 5.69 Å². The Morgan fingerprint density at radius 3 is 2.76 bits per heavy atom. The van der Waals surface area contributed by atoms with Gasteiger partial charge in [-0.05, 0) is 45.3 Å². The fourth-order valence-corrected chi connectivity index (χ4v) is 1.68. The molecule has 0 aliphatic rings. The van der Waals surface area contributed by atoms with Gasteiger partial charge in [0.1, 0.15) is 0 Å². The Morgan fingerprint density at radius 1 is 1.47 bits per heavy atom. The van der Waals surface area contributed by atoms with E-state index in [-0.39, 0.29) is 5.91 Å². The van der Waals surface area contributed by atoms with Crippen LogP contribution in [0.2, 0.25) is 5.02 Å². The summed E-state index contributed by atoms with van der Waals surface area (Å²) in [5.41, 5.74) is 6.58. The predicted molar refractivity (Wildman–Crippen MR) is 71.4 cm³/mol. The molecule has 1 rings (SSSR count). The van der Waals surface area contributed by atoms with Crippen LogP contribution >= 0.6 is 11.6 Å². The molecule has 0 aliphatic carbocycles. The number of nitrogens with zero attached hydrogens (tertiary/aromatic N) is 1. The lowest BCUT2D eigenvalue weighted by molar-refractivity contribution is 0.0952. The summed E-state index contributed by atoms with van der Waals surface area (Å²) >= 11 is 5.94.